The minimum absolute atomic E-state index is 0.603. The van der Waals surface area contributed by atoms with Crippen molar-refractivity contribution in [2.75, 3.05) is 17.7 Å². The number of hydrogen-bond acceptors (Lipinski definition) is 2. The molecule has 1 N–H and O–H groups in total. The van der Waals surface area contributed by atoms with E-state index in [9.17, 15) is 0 Å². The third-order valence-corrected chi connectivity index (χ3v) is 2.97. The van der Waals surface area contributed by atoms with Crippen LogP contribution in [0.2, 0.25) is 5.02 Å². The molecular weight excluding hydrogens is 231 g/mol. The highest BCUT2D eigenvalue weighted by atomic mass is 35.5. The second-order valence-electron chi connectivity index (χ2n) is 3.49. The topological polar surface area (TPSA) is 24.9 Å². The van der Waals surface area contributed by atoms with Crippen LogP contribution in [0.4, 0.5) is 5.69 Å². The van der Waals surface area contributed by atoms with Gasteiger partial charge in [-0.2, -0.15) is 0 Å². The second-order valence-corrected chi connectivity index (χ2v) is 4.27. The van der Waals surface area contributed by atoms with Gasteiger partial charge in [-0.3, -0.25) is 4.98 Å². The number of nitrogens with zero attached hydrogens (tertiary/aromatic N) is 1. The zero-order chi connectivity index (χ0) is 11.1. The Kier molecular flexibility index (Phi) is 5.81. The zero-order valence-corrected chi connectivity index (χ0v) is 10.4. The van der Waals surface area contributed by atoms with Crippen LogP contribution in [0.5, 0.6) is 0 Å². The zero-order valence-electron chi connectivity index (χ0n) is 8.84. The number of rotatable bonds is 6. The van der Waals surface area contributed by atoms with Crippen LogP contribution in [0.3, 0.4) is 0 Å². The van der Waals surface area contributed by atoms with Crippen LogP contribution in [0.15, 0.2) is 18.5 Å². The van der Waals surface area contributed by atoms with Gasteiger partial charge < -0.3 is 5.32 Å². The van der Waals surface area contributed by atoms with Gasteiger partial charge in [-0.15, -0.1) is 11.6 Å². The lowest BCUT2D eigenvalue weighted by Gasteiger charge is -2.15. The van der Waals surface area contributed by atoms with E-state index in [1.165, 1.54) is 0 Å². The van der Waals surface area contributed by atoms with E-state index in [4.69, 9.17) is 23.2 Å². The first-order valence-electron chi connectivity index (χ1n) is 5.17. The number of halogens is 2. The summed E-state index contributed by atoms with van der Waals surface area (Å²) in [5.74, 6) is 1.32. The maximum absolute atomic E-state index is 5.98. The van der Waals surface area contributed by atoms with Crippen molar-refractivity contribution in [1.29, 1.82) is 0 Å². The van der Waals surface area contributed by atoms with E-state index < -0.39 is 0 Å². The fraction of sp³-hybridized carbons (Fsp3) is 0.545. The van der Waals surface area contributed by atoms with Crippen molar-refractivity contribution in [2.24, 2.45) is 5.92 Å². The smallest absolute Gasteiger partial charge is 0.0820 e. The van der Waals surface area contributed by atoms with E-state index >= 15 is 0 Å². The Morgan fingerprint density at radius 1 is 1.53 bits per heavy atom. The molecule has 0 fully saturated rings. The highest BCUT2D eigenvalue weighted by Crippen LogP contribution is 2.20. The molecule has 1 aromatic rings. The highest BCUT2D eigenvalue weighted by Gasteiger charge is 2.06. The lowest BCUT2D eigenvalue weighted by molar-refractivity contribution is 0.522. The molecule has 0 aliphatic heterocycles. The summed E-state index contributed by atoms with van der Waals surface area (Å²) >= 11 is 11.7. The summed E-state index contributed by atoms with van der Waals surface area (Å²) in [6.07, 6.45) is 5.54. The van der Waals surface area contributed by atoms with Crippen molar-refractivity contribution in [3.63, 3.8) is 0 Å². The van der Waals surface area contributed by atoms with Crippen molar-refractivity contribution in [3.8, 4) is 0 Å². The van der Waals surface area contributed by atoms with Gasteiger partial charge in [0.25, 0.3) is 0 Å². The Hall–Kier alpha value is -0.470. The molecule has 0 aliphatic carbocycles. The first-order valence-corrected chi connectivity index (χ1v) is 6.08. The molecule has 1 unspecified atom stereocenters. The molecule has 15 heavy (non-hydrogen) atoms. The van der Waals surface area contributed by atoms with Crippen LogP contribution in [0.25, 0.3) is 0 Å². The summed E-state index contributed by atoms with van der Waals surface area (Å²) in [5.41, 5.74) is 0.944. The normalized spacial score (nSPS) is 12.5. The average Bonchev–Trinajstić information content (AvgIpc) is 2.26. The Bertz CT molecular complexity index is 292. The van der Waals surface area contributed by atoms with Gasteiger partial charge in [0.2, 0.25) is 0 Å². The molecule has 0 bridgehead atoms. The molecule has 1 rings (SSSR count). The standard InChI is InChI=1S/C11H16Cl2N2/c1-2-9(3-5-12)7-15-11-4-6-14-8-10(11)13/h4,6,8-9H,2-3,5,7H2,1H3,(H,14,15). The Morgan fingerprint density at radius 2 is 2.33 bits per heavy atom. The van der Waals surface area contributed by atoms with Crippen LogP contribution in [0.1, 0.15) is 19.8 Å². The first-order chi connectivity index (χ1) is 7.27. The summed E-state index contributed by atoms with van der Waals surface area (Å²) < 4.78 is 0. The van der Waals surface area contributed by atoms with Gasteiger partial charge in [-0.1, -0.05) is 24.9 Å². The monoisotopic (exact) mass is 246 g/mol. The molecule has 1 aromatic heterocycles. The van der Waals surface area contributed by atoms with Gasteiger partial charge in [0.15, 0.2) is 0 Å². The number of aromatic nitrogens is 1. The van der Waals surface area contributed by atoms with E-state index in [1.807, 2.05) is 6.07 Å². The molecule has 0 saturated carbocycles. The molecule has 4 heteroatoms. The fourth-order valence-corrected chi connectivity index (χ4v) is 1.87. The second kappa shape index (κ2) is 6.91. The summed E-state index contributed by atoms with van der Waals surface area (Å²) in [4.78, 5) is 3.94. The number of nitrogens with one attached hydrogen (secondary N) is 1. The molecule has 0 radical (unpaired) electrons. The Morgan fingerprint density at radius 3 is 2.93 bits per heavy atom. The summed E-state index contributed by atoms with van der Waals surface area (Å²) in [7, 11) is 0. The number of anilines is 1. The van der Waals surface area contributed by atoms with Crippen LogP contribution in [-0.2, 0) is 0 Å². The molecular formula is C11H16Cl2N2. The van der Waals surface area contributed by atoms with Crippen molar-refractivity contribution in [3.05, 3.63) is 23.5 Å². The SMILES string of the molecule is CCC(CCCl)CNc1ccncc1Cl. The summed E-state index contributed by atoms with van der Waals surface area (Å²) in [5, 5.41) is 3.98. The minimum Gasteiger partial charge on any atom is -0.383 e. The average molecular weight is 247 g/mol. The van der Waals surface area contributed by atoms with E-state index in [1.54, 1.807) is 12.4 Å². The molecule has 1 atom stereocenters. The molecule has 2 nitrogen and oxygen atoms in total. The maximum Gasteiger partial charge on any atom is 0.0820 e. The van der Waals surface area contributed by atoms with Gasteiger partial charge >= 0.3 is 0 Å². The third kappa shape index (κ3) is 4.27. The van der Waals surface area contributed by atoms with E-state index in [0.717, 1.165) is 25.1 Å². The molecule has 84 valence electrons. The van der Waals surface area contributed by atoms with Gasteiger partial charge in [0.05, 0.1) is 10.7 Å². The molecule has 0 saturated heterocycles. The first kappa shape index (κ1) is 12.6. The highest BCUT2D eigenvalue weighted by molar-refractivity contribution is 6.33. The number of alkyl halides is 1. The fourth-order valence-electron chi connectivity index (χ4n) is 1.38. The predicted molar refractivity (Wildman–Crippen MR) is 66.9 cm³/mol. The van der Waals surface area contributed by atoms with Crippen LogP contribution in [0, 0.1) is 5.92 Å². The molecule has 0 spiro atoms. The predicted octanol–water partition coefficient (Wildman–Crippen LogP) is 3.80. The Balaban J connectivity index is 2.45. The lowest BCUT2D eigenvalue weighted by atomic mass is 10.0. The number of pyridine rings is 1. The van der Waals surface area contributed by atoms with Gasteiger partial charge in [-0.05, 0) is 18.4 Å². The van der Waals surface area contributed by atoms with Gasteiger partial charge in [-0.25, -0.2) is 0 Å². The van der Waals surface area contributed by atoms with E-state index in [2.05, 4.69) is 17.2 Å². The Labute approximate surface area is 101 Å². The molecule has 1 heterocycles. The molecule has 0 aromatic carbocycles. The van der Waals surface area contributed by atoms with E-state index in [0.29, 0.717) is 16.8 Å². The summed E-state index contributed by atoms with van der Waals surface area (Å²) in [6.45, 7) is 3.08. The molecule has 0 aliphatic rings. The van der Waals surface area contributed by atoms with Crippen molar-refractivity contribution < 1.29 is 0 Å². The quantitative estimate of drug-likeness (QED) is 0.773. The van der Waals surface area contributed by atoms with Crippen molar-refractivity contribution in [1.82, 2.24) is 4.98 Å². The van der Waals surface area contributed by atoms with E-state index in [-0.39, 0.29) is 0 Å². The van der Waals surface area contributed by atoms with Gasteiger partial charge in [0, 0.05) is 24.8 Å². The number of hydrogen-bond donors (Lipinski definition) is 1. The van der Waals surface area contributed by atoms with Crippen LogP contribution >= 0.6 is 23.2 Å². The minimum atomic E-state index is 0.603. The summed E-state index contributed by atoms with van der Waals surface area (Å²) in [6, 6.07) is 1.88. The molecule has 0 amide bonds. The van der Waals surface area contributed by atoms with Gasteiger partial charge in [0.1, 0.15) is 0 Å². The lowest BCUT2D eigenvalue weighted by Crippen LogP contribution is -2.14. The van der Waals surface area contributed by atoms with Crippen molar-refractivity contribution >= 4 is 28.9 Å². The van der Waals surface area contributed by atoms with Crippen molar-refractivity contribution in [2.45, 2.75) is 19.8 Å². The maximum atomic E-state index is 5.98. The van der Waals surface area contributed by atoms with Crippen LogP contribution in [-0.4, -0.2) is 17.4 Å². The largest absolute Gasteiger partial charge is 0.383 e. The third-order valence-electron chi connectivity index (χ3n) is 2.45. The van der Waals surface area contributed by atoms with Crippen LogP contribution < -0.4 is 5.32 Å².